The molecule has 0 aromatic rings. The summed E-state index contributed by atoms with van der Waals surface area (Å²) in [6, 6.07) is 0.519. The molecule has 1 heterocycles. The second-order valence-corrected chi connectivity index (χ2v) is 4.26. The Morgan fingerprint density at radius 2 is 2.40 bits per heavy atom. The Morgan fingerprint density at radius 3 is 3.13 bits per heavy atom. The van der Waals surface area contributed by atoms with E-state index in [1.165, 1.54) is 0 Å². The Bertz CT molecular complexity index is 184. The number of rotatable bonds is 5. The van der Waals surface area contributed by atoms with Crippen LogP contribution in [0.2, 0.25) is 0 Å². The Kier molecular flexibility index (Phi) is 5.91. The number of aliphatic hydroxyl groups excluding tert-OH is 1. The van der Waals surface area contributed by atoms with Gasteiger partial charge in [0.15, 0.2) is 0 Å². The van der Waals surface area contributed by atoms with Crippen LogP contribution in [0.3, 0.4) is 0 Å². The highest BCUT2D eigenvalue weighted by molar-refractivity contribution is 4.75. The van der Waals surface area contributed by atoms with Gasteiger partial charge in [-0.15, -0.1) is 6.58 Å². The zero-order valence-corrected chi connectivity index (χ0v) is 9.69. The van der Waals surface area contributed by atoms with Crippen molar-refractivity contribution in [2.24, 2.45) is 0 Å². The van der Waals surface area contributed by atoms with Gasteiger partial charge in [-0.1, -0.05) is 6.08 Å². The molecular weight excluding hydrogens is 190 g/mol. The van der Waals surface area contributed by atoms with Crippen LogP contribution in [0, 0.1) is 0 Å². The van der Waals surface area contributed by atoms with E-state index in [-0.39, 0.29) is 6.10 Å². The van der Waals surface area contributed by atoms with Crippen molar-refractivity contribution >= 4 is 0 Å². The fourth-order valence-corrected chi connectivity index (χ4v) is 1.88. The van der Waals surface area contributed by atoms with Crippen LogP contribution in [0.5, 0.6) is 0 Å². The lowest BCUT2D eigenvalue weighted by Crippen LogP contribution is -2.39. The van der Waals surface area contributed by atoms with E-state index in [2.05, 4.69) is 18.4 Å². The summed E-state index contributed by atoms with van der Waals surface area (Å²) in [6.45, 7) is 9.20. The maximum atomic E-state index is 9.81. The van der Waals surface area contributed by atoms with E-state index >= 15 is 0 Å². The molecule has 3 heteroatoms. The first-order valence-electron chi connectivity index (χ1n) is 5.84. The van der Waals surface area contributed by atoms with Gasteiger partial charge in [-0.2, -0.15) is 0 Å². The molecule has 0 bridgehead atoms. The van der Waals surface area contributed by atoms with E-state index in [0.29, 0.717) is 6.04 Å². The predicted molar refractivity (Wildman–Crippen MR) is 61.9 cm³/mol. The molecule has 1 saturated heterocycles. The van der Waals surface area contributed by atoms with Gasteiger partial charge >= 0.3 is 0 Å². The van der Waals surface area contributed by atoms with Crippen molar-refractivity contribution in [2.45, 2.75) is 38.3 Å². The fraction of sp³-hybridized carbons (Fsp3) is 0.833. The molecule has 0 aromatic heterocycles. The normalized spacial score (nSPS) is 25.9. The third-order valence-corrected chi connectivity index (χ3v) is 2.98. The van der Waals surface area contributed by atoms with Gasteiger partial charge in [0.1, 0.15) is 0 Å². The molecular formula is C12H23NO2. The monoisotopic (exact) mass is 213 g/mol. The molecule has 0 spiro atoms. The quantitative estimate of drug-likeness (QED) is 0.701. The van der Waals surface area contributed by atoms with E-state index in [0.717, 1.165) is 45.6 Å². The smallest absolute Gasteiger partial charge is 0.0670 e. The highest BCUT2D eigenvalue weighted by Crippen LogP contribution is 2.10. The largest absolute Gasteiger partial charge is 0.392 e. The number of β-amino-alcohol motifs (C(OH)–C–C–N with tert-alkyl or cyclic N) is 1. The number of nitrogens with zero attached hydrogens (tertiary/aromatic N) is 1. The Balaban J connectivity index is 2.30. The lowest BCUT2D eigenvalue weighted by Gasteiger charge is -2.28. The maximum Gasteiger partial charge on any atom is 0.0670 e. The summed E-state index contributed by atoms with van der Waals surface area (Å²) in [5.41, 5.74) is 0. The van der Waals surface area contributed by atoms with Crippen molar-refractivity contribution in [1.29, 1.82) is 0 Å². The van der Waals surface area contributed by atoms with Crippen LogP contribution in [0.25, 0.3) is 0 Å². The zero-order chi connectivity index (χ0) is 11.1. The van der Waals surface area contributed by atoms with Crippen LogP contribution in [-0.2, 0) is 4.74 Å². The highest BCUT2D eigenvalue weighted by Gasteiger charge is 2.19. The first-order valence-corrected chi connectivity index (χ1v) is 5.84. The van der Waals surface area contributed by atoms with Crippen molar-refractivity contribution in [3.63, 3.8) is 0 Å². The molecule has 0 aliphatic carbocycles. The van der Waals surface area contributed by atoms with Gasteiger partial charge in [-0.3, -0.25) is 4.90 Å². The first kappa shape index (κ1) is 12.7. The molecule has 1 N–H and O–H groups in total. The summed E-state index contributed by atoms with van der Waals surface area (Å²) in [7, 11) is 0. The van der Waals surface area contributed by atoms with E-state index in [1.807, 2.05) is 6.08 Å². The predicted octanol–water partition coefficient (Wildman–Crippen LogP) is 1.42. The van der Waals surface area contributed by atoms with Gasteiger partial charge in [0, 0.05) is 25.7 Å². The lowest BCUT2D eigenvalue weighted by atomic mass is 10.1. The lowest BCUT2D eigenvalue weighted by molar-refractivity contribution is 0.0837. The van der Waals surface area contributed by atoms with Crippen LogP contribution in [0.4, 0.5) is 0 Å². The molecule has 0 radical (unpaired) electrons. The van der Waals surface area contributed by atoms with Gasteiger partial charge in [-0.05, 0) is 26.2 Å². The van der Waals surface area contributed by atoms with Gasteiger partial charge in [0.25, 0.3) is 0 Å². The Hall–Kier alpha value is -0.380. The van der Waals surface area contributed by atoms with Crippen molar-refractivity contribution in [3.8, 4) is 0 Å². The molecule has 0 saturated carbocycles. The molecule has 1 fully saturated rings. The molecule has 0 amide bonds. The molecule has 0 aromatic carbocycles. The molecule has 2 atom stereocenters. The molecule has 1 aliphatic rings. The topological polar surface area (TPSA) is 32.7 Å². The molecule has 1 aliphatic heterocycles. The molecule has 3 nitrogen and oxygen atoms in total. The van der Waals surface area contributed by atoms with Crippen molar-refractivity contribution < 1.29 is 9.84 Å². The summed E-state index contributed by atoms with van der Waals surface area (Å²) >= 11 is 0. The summed E-state index contributed by atoms with van der Waals surface area (Å²) < 4.78 is 5.42. The second-order valence-electron chi connectivity index (χ2n) is 4.26. The number of hydrogen-bond acceptors (Lipinski definition) is 3. The van der Waals surface area contributed by atoms with E-state index < -0.39 is 0 Å². The minimum Gasteiger partial charge on any atom is -0.392 e. The summed E-state index contributed by atoms with van der Waals surface area (Å²) in [5.74, 6) is 0. The fourth-order valence-electron chi connectivity index (χ4n) is 1.88. The zero-order valence-electron chi connectivity index (χ0n) is 9.69. The minimum absolute atomic E-state index is 0.233. The van der Waals surface area contributed by atoms with Crippen molar-refractivity contribution in [3.05, 3.63) is 12.7 Å². The Labute approximate surface area is 92.7 Å². The van der Waals surface area contributed by atoms with Crippen molar-refractivity contribution in [1.82, 2.24) is 4.90 Å². The summed E-state index contributed by atoms with van der Waals surface area (Å²) in [4.78, 5) is 2.32. The minimum atomic E-state index is -0.233. The SMILES string of the molecule is C=CCCC(O)CN1CCOCCC1C. The summed E-state index contributed by atoms with van der Waals surface area (Å²) in [5, 5.41) is 9.81. The number of hydrogen-bond donors (Lipinski definition) is 1. The van der Waals surface area contributed by atoms with Crippen LogP contribution < -0.4 is 0 Å². The highest BCUT2D eigenvalue weighted by atomic mass is 16.5. The van der Waals surface area contributed by atoms with E-state index in [1.54, 1.807) is 0 Å². The number of ether oxygens (including phenoxy) is 1. The van der Waals surface area contributed by atoms with Crippen LogP contribution in [0.15, 0.2) is 12.7 Å². The average molecular weight is 213 g/mol. The van der Waals surface area contributed by atoms with E-state index in [9.17, 15) is 5.11 Å². The summed E-state index contributed by atoms with van der Waals surface area (Å²) in [6.07, 6.45) is 4.39. The van der Waals surface area contributed by atoms with Gasteiger partial charge in [-0.25, -0.2) is 0 Å². The van der Waals surface area contributed by atoms with Gasteiger partial charge < -0.3 is 9.84 Å². The maximum absolute atomic E-state index is 9.81. The second kappa shape index (κ2) is 6.99. The van der Waals surface area contributed by atoms with Crippen LogP contribution >= 0.6 is 0 Å². The Morgan fingerprint density at radius 1 is 1.60 bits per heavy atom. The first-order chi connectivity index (χ1) is 7.24. The number of allylic oxidation sites excluding steroid dienone is 1. The number of aliphatic hydroxyl groups is 1. The van der Waals surface area contributed by atoms with E-state index in [4.69, 9.17) is 4.74 Å². The van der Waals surface area contributed by atoms with Crippen molar-refractivity contribution in [2.75, 3.05) is 26.3 Å². The van der Waals surface area contributed by atoms with Crippen LogP contribution in [-0.4, -0.2) is 48.5 Å². The molecule has 15 heavy (non-hydrogen) atoms. The van der Waals surface area contributed by atoms with Gasteiger partial charge in [0.2, 0.25) is 0 Å². The molecule has 88 valence electrons. The third kappa shape index (κ3) is 4.78. The standard InChI is InChI=1S/C12H23NO2/c1-3-4-5-12(14)10-13-7-9-15-8-6-11(13)2/h3,11-12,14H,1,4-10H2,2H3. The van der Waals surface area contributed by atoms with Crippen LogP contribution in [0.1, 0.15) is 26.2 Å². The molecule has 1 rings (SSSR count). The average Bonchev–Trinajstić information content (AvgIpc) is 2.42. The molecule has 2 unspecified atom stereocenters. The third-order valence-electron chi connectivity index (χ3n) is 2.98. The van der Waals surface area contributed by atoms with Gasteiger partial charge in [0.05, 0.1) is 12.7 Å².